The molecule has 3 rings (SSSR count). The number of hydrogen-bond donors (Lipinski definition) is 2. The van der Waals surface area contributed by atoms with Gasteiger partial charge in [0.25, 0.3) is 0 Å². The summed E-state index contributed by atoms with van der Waals surface area (Å²) in [7, 11) is 0. The lowest BCUT2D eigenvalue weighted by Gasteiger charge is -2.42. The molecule has 0 aromatic heterocycles. The van der Waals surface area contributed by atoms with Crippen LogP contribution in [0.4, 0.5) is 4.39 Å². The third kappa shape index (κ3) is 5.58. The molecule has 0 spiro atoms. The monoisotopic (exact) mass is 502 g/mol. The van der Waals surface area contributed by atoms with Crippen molar-refractivity contribution in [2.45, 2.75) is 50.9 Å². The molecule has 1 amide bonds. The molecule has 7 heteroatoms. The number of carbonyl (C=O) groups is 1. The minimum atomic E-state index is -0.228. The number of primary amides is 1. The Balaban J connectivity index is 0.00000280. The van der Waals surface area contributed by atoms with Gasteiger partial charge in [0.05, 0.1) is 6.54 Å². The number of nitrogens with one attached hydrogen (secondary N) is 1. The first-order valence-corrected chi connectivity index (χ1v) is 10.1. The van der Waals surface area contributed by atoms with Gasteiger partial charge in [0.1, 0.15) is 5.82 Å². The summed E-state index contributed by atoms with van der Waals surface area (Å²) in [6.07, 6.45) is 5.89. The van der Waals surface area contributed by atoms with Crippen molar-refractivity contribution in [3.8, 4) is 0 Å². The Morgan fingerprint density at radius 3 is 2.61 bits per heavy atom. The van der Waals surface area contributed by atoms with Crippen LogP contribution in [0.3, 0.4) is 0 Å². The minimum absolute atomic E-state index is 0. The van der Waals surface area contributed by atoms with Gasteiger partial charge in [-0.1, -0.05) is 18.6 Å². The van der Waals surface area contributed by atoms with Gasteiger partial charge in [-0.25, -0.2) is 4.39 Å². The molecule has 1 aromatic carbocycles. The molecule has 1 atom stereocenters. The number of benzene rings is 1. The van der Waals surface area contributed by atoms with Crippen LogP contribution in [0, 0.1) is 11.7 Å². The highest BCUT2D eigenvalue weighted by molar-refractivity contribution is 14.0. The Morgan fingerprint density at radius 2 is 2.04 bits per heavy atom. The van der Waals surface area contributed by atoms with Crippen molar-refractivity contribution in [3.05, 3.63) is 35.6 Å². The Morgan fingerprint density at radius 1 is 1.32 bits per heavy atom. The zero-order chi connectivity index (χ0) is 19.3. The van der Waals surface area contributed by atoms with E-state index in [4.69, 9.17) is 10.7 Å². The summed E-state index contributed by atoms with van der Waals surface area (Å²) in [6.45, 7) is 5.35. The molecule has 2 aliphatic rings. The molecule has 1 aliphatic heterocycles. The lowest BCUT2D eigenvalue weighted by atomic mass is 9.64. The minimum Gasteiger partial charge on any atom is -0.370 e. The van der Waals surface area contributed by atoms with Crippen molar-refractivity contribution in [1.82, 2.24) is 10.2 Å². The van der Waals surface area contributed by atoms with Crippen LogP contribution >= 0.6 is 24.0 Å². The zero-order valence-electron chi connectivity index (χ0n) is 16.6. The van der Waals surface area contributed by atoms with E-state index in [-0.39, 0.29) is 41.1 Å². The largest absolute Gasteiger partial charge is 0.370 e. The average Bonchev–Trinajstić information content (AvgIpc) is 2.61. The maximum atomic E-state index is 13.3. The number of halogens is 2. The van der Waals surface area contributed by atoms with Crippen LogP contribution in [0.5, 0.6) is 0 Å². The highest BCUT2D eigenvalue weighted by Crippen LogP contribution is 2.44. The van der Waals surface area contributed by atoms with E-state index < -0.39 is 0 Å². The molecule has 1 aliphatic carbocycles. The van der Waals surface area contributed by atoms with E-state index in [1.807, 2.05) is 12.1 Å². The van der Waals surface area contributed by atoms with Crippen LogP contribution in [-0.2, 0) is 10.2 Å². The van der Waals surface area contributed by atoms with E-state index in [1.54, 1.807) is 12.1 Å². The van der Waals surface area contributed by atoms with Gasteiger partial charge in [-0.15, -0.1) is 24.0 Å². The Labute approximate surface area is 184 Å². The van der Waals surface area contributed by atoms with Gasteiger partial charge in [0.15, 0.2) is 5.96 Å². The fourth-order valence-corrected chi connectivity index (χ4v) is 4.31. The summed E-state index contributed by atoms with van der Waals surface area (Å²) in [5.41, 5.74) is 6.60. The number of hydrogen-bond acceptors (Lipinski definition) is 2. The normalized spacial score (nSPS) is 21.4. The summed E-state index contributed by atoms with van der Waals surface area (Å²) >= 11 is 0. The van der Waals surface area contributed by atoms with Crippen LogP contribution in [0.15, 0.2) is 29.3 Å². The standard InChI is InChI=1S/C21H31FN4O.HI/c1-2-24-20(26-12-3-5-16(14-26)13-19(23)27)25-15-21(10-4-11-21)17-6-8-18(22)9-7-17;/h6-9,16H,2-5,10-15H2,1H3,(H2,23,27)(H,24,25);1H. The Hall–Kier alpha value is -1.38. The number of amides is 1. The van der Waals surface area contributed by atoms with Gasteiger partial charge in [0, 0.05) is 31.5 Å². The van der Waals surface area contributed by atoms with E-state index in [0.29, 0.717) is 18.9 Å². The molecule has 156 valence electrons. The number of carbonyl (C=O) groups excluding carboxylic acids is 1. The zero-order valence-corrected chi connectivity index (χ0v) is 19.0. The molecule has 1 heterocycles. The molecule has 1 saturated carbocycles. The molecular formula is C21H32FIN4O. The van der Waals surface area contributed by atoms with Gasteiger partial charge in [0.2, 0.25) is 5.91 Å². The van der Waals surface area contributed by atoms with E-state index in [9.17, 15) is 9.18 Å². The fraction of sp³-hybridized carbons (Fsp3) is 0.619. The van der Waals surface area contributed by atoms with Gasteiger partial charge in [-0.3, -0.25) is 9.79 Å². The number of nitrogens with two attached hydrogens (primary N) is 1. The van der Waals surface area contributed by atoms with Crippen LogP contribution < -0.4 is 11.1 Å². The number of nitrogens with zero attached hydrogens (tertiary/aromatic N) is 2. The number of rotatable bonds is 6. The van der Waals surface area contributed by atoms with Crippen LogP contribution in [-0.4, -0.2) is 42.9 Å². The number of aliphatic imine (C=N–C) groups is 1. The molecule has 1 aromatic rings. The predicted molar refractivity (Wildman–Crippen MR) is 121 cm³/mol. The summed E-state index contributed by atoms with van der Waals surface area (Å²) in [5.74, 6) is 0.794. The first-order chi connectivity index (χ1) is 13.0. The van der Waals surface area contributed by atoms with Crippen LogP contribution in [0.25, 0.3) is 0 Å². The Bertz CT molecular complexity index is 675. The van der Waals surface area contributed by atoms with E-state index in [1.165, 1.54) is 12.0 Å². The second-order valence-electron chi connectivity index (χ2n) is 7.94. The van der Waals surface area contributed by atoms with Crippen LogP contribution in [0.1, 0.15) is 51.0 Å². The highest BCUT2D eigenvalue weighted by atomic mass is 127. The quantitative estimate of drug-likeness (QED) is 0.356. The van der Waals surface area contributed by atoms with E-state index in [0.717, 1.165) is 51.3 Å². The number of piperidine rings is 1. The molecule has 1 unspecified atom stereocenters. The van der Waals surface area contributed by atoms with Gasteiger partial charge >= 0.3 is 0 Å². The molecule has 2 fully saturated rings. The van der Waals surface area contributed by atoms with Crippen molar-refractivity contribution in [1.29, 1.82) is 0 Å². The third-order valence-electron chi connectivity index (χ3n) is 5.94. The third-order valence-corrected chi connectivity index (χ3v) is 5.94. The van der Waals surface area contributed by atoms with E-state index in [2.05, 4.69) is 17.1 Å². The van der Waals surface area contributed by atoms with Crippen molar-refractivity contribution in [2.75, 3.05) is 26.2 Å². The molecule has 5 nitrogen and oxygen atoms in total. The van der Waals surface area contributed by atoms with Gasteiger partial charge in [-0.05, 0) is 56.2 Å². The summed E-state index contributed by atoms with van der Waals surface area (Å²) in [6, 6.07) is 6.90. The maximum absolute atomic E-state index is 13.3. The maximum Gasteiger partial charge on any atom is 0.217 e. The van der Waals surface area contributed by atoms with E-state index >= 15 is 0 Å². The SMILES string of the molecule is CCNC(=NCC1(c2ccc(F)cc2)CCC1)N1CCCC(CC(N)=O)C1.I. The summed E-state index contributed by atoms with van der Waals surface area (Å²) in [4.78, 5) is 18.5. The molecular weight excluding hydrogens is 470 g/mol. The lowest BCUT2D eigenvalue weighted by molar-refractivity contribution is -0.119. The average molecular weight is 502 g/mol. The van der Waals surface area contributed by atoms with Gasteiger partial charge < -0.3 is 16.0 Å². The molecule has 28 heavy (non-hydrogen) atoms. The fourth-order valence-electron chi connectivity index (χ4n) is 4.31. The van der Waals surface area contributed by atoms with Crippen molar-refractivity contribution < 1.29 is 9.18 Å². The first kappa shape index (κ1) is 22.9. The van der Waals surface area contributed by atoms with Crippen molar-refractivity contribution in [3.63, 3.8) is 0 Å². The lowest BCUT2D eigenvalue weighted by Crippen LogP contribution is -2.48. The summed E-state index contributed by atoms with van der Waals surface area (Å²) in [5, 5.41) is 3.41. The summed E-state index contributed by atoms with van der Waals surface area (Å²) < 4.78 is 13.3. The molecule has 3 N–H and O–H groups in total. The van der Waals surface area contributed by atoms with Crippen LogP contribution in [0.2, 0.25) is 0 Å². The Kier molecular flexibility index (Phi) is 8.52. The predicted octanol–water partition coefficient (Wildman–Crippen LogP) is 3.42. The highest BCUT2D eigenvalue weighted by Gasteiger charge is 2.38. The second kappa shape index (κ2) is 10.4. The van der Waals surface area contributed by atoms with Crippen molar-refractivity contribution >= 4 is 35.8 Å². The second-order valence-corrected chi connectivity index (χ2v) is 7.94. The smallest absolute Gasteiger partial charge is 0.217 e. The molecule has 1 saturated heterocycles. The topological polar surface area (TPSA) is 70.7 Å². The first-order valence-electron chi connectivity index (χ1n) is 10.1. The molecule has 0 radical (unpaired) electrons. The number of likely N-dealkylation sites (tertiary alicyclic amines) is 1. The molecule has 0 bridgehead atoms. The van der Waals surface area contributed by atoms with Gasteiger partial charge in [-0.2, -0.15) is 0 Å². The number of guanidine groups is 1. The van der Waals surface area contributed by atoms with Crippen molar-refractivity contribution in [2.24, 2.45) is 16.6 Å².